The van der Waals surface area contributed by atoms with Crippen molar-refractivity contribution in [1.82, 2.24) is 34.4 Å². The quantitative estimate of drug-likeness (QED) is 0.210. The number of carbonyl (C=O) groups is 1. The molecule has 1 amide bonds. The zero-order valence-electron chi connectivity index (χ0n) is 27.8. The van der Waals surface area contributed by atoms with E-state index in [-0.39, 0.29) is 29.0 Å². The Labute approximate surface area is 284 Å². The van der Waals surface area contributed by atoms with Gasteiger partial charge in [0.2, 0.25) is 5.70 Å². The van der Waals surface area contributed by atoms with Gasteiger partial charge in [-0.25, -0.2) is 23.9 Å². The van der Waals surface area contributed by atoms with Gasteiger partial charge in [-0.1, -0.05) is 24.3 Å². The number of fused-ring (bicyclic) bond motifs is 1. The Hall–Kier alpha value is -4.90. The molecule has 7 rings (SSSR count). The molecule has 13 heteroatoms. The Morgan fingerprint density at radius 2 is 1.84 bits per heavy atom. The summed E-state index contributed by atoms with van der Waals surface area (Å²) in [6, 6.07) is 14.0. The Kier molecular flexibility index (Phi) is 9.02. The van der Waals surface area contributed by atoms with Crippen LogP contribution in [0.5, 0.6) is 11.5 Å². The number of ether oxygens (including phenoxy) is 2. The summed E-state index contributed by atoms with van der Waals surface area (Å²) >= 11 is 0. The maximum atomic E-state index is 15.7. The summed E-state index contributed by atoms with van der Waals surface area (Å²) in [6.45, 7) is 18.1. The molecule has 3 saturated heterocycles. The molecule has 0 radical (unpaired) electrons. The van der Waals surface area contributed by atoms with Gasteiger partial charge in [0, 0.05) is 56.4 Å². The van der Waals surface area contributed by atoms with E-state index in [9.17, 15) is 4.79 Å². The van der Waals surface area contributed by atoms with Gasteiger partial charge in [-0.05, 0) is 51.0 Å². The fourth-order valence-electron chi connectivity index (χ4n) is 6.98. The molecule has 2 N–H and O–H groups in total. The van der Waals surface area contributed by atoms with E-state index in [4.69, 9.17) is 26.9 Å². The number of benzene rings is 2. The molecule has 0 unspecified atom stereocenters. The molecule has 0 bridgehead atoms. The van der Waals surface area contributed by atoms with Gasteiger partial charge < -0.3 is 20.1 Å². The van der Waals surface area contributed by atoms with Crippen LogP contribution in [-0.2, 0) is 9.53 Å². The van der Waals surface area contributed by atoms with Crippen molar-refractivity contribution in [3.05, 3.63) is 83.9 Å². The first-order chi connectivity index (χ1) is 23.7. The van der Waals surface area contributed by atoms with Gasteiger partial charge in [0.15, 0.2) is 5.65 Å². The predicted molar refractivity (Wildman–Crippen MR) is 183 cm³/mol. The maximum Gasteiger partial charge on any atom is 0.252 e. The van der Waals surface area contributed by atoms with E-state index < -0.39 is 11.4 Å². The average Bonchev–Trinajstić information content (AvgIpc) is 3.48. The second-order valence-electron chi connectivity index (χ2n) is 13.4. The molecule has 3 aliphatic rings. The third-order valence-electron chi connectivity index (χ3n) is 9.82. The van der Waals surface area contributed by atoms with E-state index in [1.807, 2.05) is 24.3 Å². The molecule has 3 aliphatic heterocycles. The van der Waals surface area contributed by atoms with Crippen molar-refractivity contribution in [2.24, 2.45) is 0 Å². The molecule has 0 saturated carbocycles. The van der Waals surface area contributed by atoms with Crippen LogP contribution in [0, 0.1) is 12.4 Å². The maximum absolute atomic E-state index is 15.7. The highest BCUT2D eigenvalue weighted by molar-refractivity contribution is 5.98. The number of para-hydroxylation sites is 1. The van der Waals surface area contributed by atoms with E-state index in [0.29, 0.717) is 53.8 Å². The van der Waals surface area contributed by atoms with E-state index in [1.54, 1.807) is 33.8 Å². The fraction of sp³-hybridized carbons (Fsp3) is 0.417. The van der Waals surface area contributed by atoms with Crippen LogP contribution in [0.2, 0.25) is 0 Å². The summed E-state index contributed by atoms with van der Waals surface area (Å²) in [6.07, 6.45) is 4.60. The van der Waals surface area contributed by atoms with Crippen molar-refractivity contribution in [3.63, 3.8) is 0 Å². The Balaban J connectivity index is 1.11. The normalized spacial score (nSPS) is 19.8. The fourth-order valence-corrected chi connectivity index (χ4v) is 6.98. The lowest BCUT2D eigenvalue weighted by Crippen LogP contribution is -2.59. The van der Waals surface area contributed by atoms with E-state index in [2.05, 4.69) is 38.5 Å². The Morgan fingerprint density at radius 3 is 2.53 bits per heavy atom. The topological polar surface area (TPSA) is 119 Å². The summed E-state index contributed by atoms with van der Waals surface area (Å²) in [4.78, 5) is 32.8. The first kappa shape index (κ1) is 32.6. The molecule has 12 nitrogen and oxygen atoms in total. The predicted octanol–water partition coefficient (Wildman–Crippen LogP) is 4.77. The first-order valence-electron chi connectivity index (χ1n) is 16.7. The highest BCUT2D eigenvalue weighted by atomic mass is 19.1. The van der Waals surface area contributed by atoms with Crippen molar-refractivity contribution in [3.8, 4) is 22.8 Å². The van der Waals surface area contributed by atoms with E-state index >= 15 is 4.39 Å². The molecule has 2 aromatic heterocycles. The smallest absolute Gasteiger partial charge is 0.252 e. The van der Waals surface area contributed by atoms with Crippen molar-refractivity contribution in [2.45, 2.75) is 44.3 Å². The molecular formula is C36H40FN9O3. The number of nitrogens with zero attached hydrogens (tertiary/aromatic N) is 8. The SMILES string of the molecule is [C-]#[N+]/C(=C\C(C)(C)N1CCN(C2COC2)CC1)C(=O)N1CCC[C@H](n2nc(-c3ccc(Oc4ccccc4)cc3F)c3c(N)ncnc32)C1. The number of rotatable bonds is 8. The number of hydrogen-bond acceptors (Lipinski definition) is 9. The molecule has 5 heterocycles. The molecule has 0 aliphatic carbocycles. The molecular weight excluding hydrogens is 625 g/mol. The monoisotopic (exact) mass is 665 g/mol. The number of hydrogen-bond donors (Lipinski definition) is 1. The second kappa shape index (κ2) is 13.5. The minimum atomic E-state index is -0.531. The van der Waals surface area contributed by atoms with Crippen LogP contribution < -0.4 is 10.5 Å². The number of likely N-dealkylation sites (tertiary alicyclic amines) is 1. The van der Waals surface area contributed by atoms with Crippen molar-refractivity contribution in [2.75, 3.05) is 58.2 Å². The van der Waals surface area contributed by atoms with Crippen molar-refractivity contribution >= 4 is 22.8 Å². The van der Waals surface area contributed by atoms with Gasteiger partial charge in [-0.2, -0.15) is 5.10 Å². The lowest BCUT2D eigenvalue weighted by molar-refractivity contribution is -0.128. The van der Waals surface area contributed by atoms with Crippen LogP contribution in [0.3, 0.4) is 0 Å². The standard InChI is InChI=1S/C36H40FN9O3/c1-36(2,45-16-14-43(15-17-45)25-21-48-22-25)19-30(39-3)35(47)44-13-7-8-24(20-44)46-34-31(33(38)40-23-41-34)32(42-46)28-12-11-27(18-29(28)37)49-26-9-5-4-6-10-26/h4-6,9-12,18-19,23-25H,7-8,13-17,20-22H2,1-2H3,(H2,38,40,41)/b30-19-/t24-/m0/s1. The van der Waals surface area contributed by atoms with Crippen molar-refractivity contribution < 1.29 is 18.7 Å². The molecule has 1 atom stereocenters. The number of nitrogen functional groups attached to an aromatic ring is 1. The number of piperazine rings is 1. The lowest BCUT2D eigenvalue weighted by atomic mass is 9.98. The Morgan fingerprint density at radius 1 is 1.06 bits per heavy atom. The first-order valence-corrected chi connectivity index (χ1v) is 16.7. The minimum absolute atomic E-state index is 0.109. The lowest BCUT2D eigenvalue weighted by Gasteiger charge is -2.47. The number of carbonyl (C=O) groups excluding carboxylic acids is 1. The number of nitrogens with two attached hydrogens (primary N) is 1. The van der Waals surface area contributed by atoms with Gasteiger partial charge in [-0.3, -0.25) is 14.6 Å². The molecule has 4 aromatic rings. The zero-order valence-corrected chi connectivity index (χ0v) is 27.8. The van der Waals surface area contributed by atoms with Crippen molar-refractivity contribution in [1.29, 1.82) is 0 Å². The molecule has 254 valence electrons. The summed E-state index contributed by atoms with van der Waals surface area (Å²) < 4.78 is 28.6. The highest BCUT2D eigenvalue weighted by Crippen LogP contribution is 2.37. The summed E-state index contributed by atoms with van der Waals surface area (Å²) in [5, 5.41) is 5.29. The number of anilines is 1. The van der Waals surface area contributed by atoms with Gasteiger partial charge in [0.1, 0.15) is 35.2 Å². The van der Waals surface area contributed by atoms with Crippen LogP contribution in [0.1, 0.15) is 32.7 Å². The molecule has 2 aromatic carbocycles. The van der Waals surface area contributed by atoms with E-state index in [0.717, 1.165) is 45.8 Å². The molecule has 0 spiro atoms. The van der Waals surface area contributed by atoms with Crippen LogP contribution in [-0.4, -0.2) is 104 Å². The number of piperidine rings is 1. The minimum Gasteiger partial charge on any atom is -0.457 e. The number of amides is 1. The zero-order chi connectivity index (χ0) is 34.1. The van der Waals surface area contributed by atoms with Gasteiger partial charge in [0.05, 0.1) is 37.3 Å². The van der Waals surface area contributed by atoms with Crippen LogP contribution in [0.25, 0.3) is 27.1 Å². The van der Waals surface area contributed by atoms with E-state index in [1.165, 1.54) is 12.4 Å². The van der Waals surface area contributed by atoms with Crippen LogP contribution in [0.4, 0.5) is 10.2 Å². The summed E-state index contributed by atoms with van der Waals surface area (Å²) in [5.74, 6) is 0.290. The van der Waals surface area contributed by atoms with Gasteiger partial charge in [0.25, 0.3) is 5.91 Å². The third-order valence-corrected chi connectivity index (χ3v) is 9.82. The van der Waals surface area contributed by atoms with Gasteiger partial charge in [-0.15, -0.1) is 0 Å². The van der Waals surface area contributed by atoms with Gasteiger partial charge >= 0.3 is 0 Å². The highest BCUT2D eigenvalue weighted by Gasteiger charge is 2.35. The van der Waals surface area contributed by atoms with Crippen LogP contribution >= 0.6 is 0 Å². The average molecular weight is 666 g/mol. The Bertz CT molecular complexity index is 1910. The van der Waals surface area contributed by atoms with Crippen LogP contribution in [0.15, 0.2) is 66.6 Å². The second-order valence-corrected chi connectivity index (χ2v) is 13.4. The number of aromatic nitrogens is 4. The molecule has 3 fully saturated rings. The summed E-state index contributed by atoms with van der Waals surface area (Å²) in [7, 11) is 0. The largest absolute Gasteiger partial charge is 0.457 e. The number of halogens is 1. The third kappa shape index (κ3) is 6.59. The summed E-state index contributed by atoms with van der Waals surface area (Å²) in [5.41, 5.74) is 6.98. The molecule has 49 heavy (non-hydrogen) atoms.